The summed E-state index contributed by atoms with van der Waals surface area (Å²) in [5.74, 6) is -1.38. The largest absolute Gasteiger partial charge is 0.481 e. The number of amides is 2. The zero-order valence-electron chi connectivity index (χ0n) is 9.52. The number of carboxylic acid groups (broad SMARTS) is 1. The van der Waals surface area contributed by atoms with E-state index in [9.17, 15) is 14.4 Å². The Kier molecular flexibility index (Phi) is 3.31. The number of hydrogen-bond acceptors (Lipinski definition) is 3. The number of aliphatic carboxylic acids is 1. The molecule has 1 heterocycles. The fraction of sp³-hybridized carbons (Fsp3) is 0.727. The lowest BCUT2D eigenvalue weighted by Crippen LogP contribution is -2.39. The van der Waals surface area contributed by atoms with Crippen LogP contribution in [-0.2, 0) is 14.4 Å². The van der Waals surface area contributed by atoms with Crippen molar-refractivity contribution in [2.24, 2.45) is 5.92 Å². The summed E-state index contributed by atoms with van der Waals surface area (Å²) < 4.78 is 0. The van der Waals surface area contributed by atoms with E-state index in [2.05, 4.69) is 5.32 Å². The minimum atomic E-state index is -0.899. The van der Waals surface area contributed by atoms with E-state index in [1.807, 2.05) is 0 Å². The SMILES string of the molecule is O=C(O)CCN(C(=O)C1CNC(=O)C1)C1CC1. The summed E-state index contributed by atoms with van der Waals surface area (Å²) in [5.41, 5.74) is 0. The Morgan fingerprint density at radius 1 is 1.41 bits per heavy atom. The predicted octanol–water partition coefficient (Wildman–Crippen LogP) is -0.412. The summed E-state index contributed by atoms with van der Waals surface area (Å²) >= 11 is 0. The van der Waals surface area contributed by atoms with Gasteiger partial charge in [-0.3, -0.25) is 14.4 Å². The number of nitrogens with zero attached hydrogens (tertiary/aromatic N) is 1. The lowest BCUT2D eigenvalue weighted by molar-refractivity contribution is -0.140. The summed E-state index contributed by atoms with van der Waals surface area (Å²) in [7, 11) is 0. The van der Waals surface area contributed by atoms with Gasteiger partial charge < -0.3 is 15.3 Å². The van der Waals surface area contributed by atoms with E-state index in [1.54, 1.807) is 4.90 Å². The molecule has 17 heavy (non-hydrogen) atoms. The van der Waals surface area contributed by atoms with Crippen LogP contribution in [0.25, 0.3) is 0 Å². The van der Waals surface area contributed by atoms with Crippen LogP contribution in [0.3, 0.4) is 0 Å². The first kappa shape index (κ1) is 11.9. The maximum absolute atomic E-state index is 12.1. The van der Waals surface area contributed by atoms with E-state index in [4.69, 9.17) is 5.11 Å². The number of rotatable bonds is 5. The fourth-order valence-corrected chi connectivity index (χ4v) is 2.09. The quantitative estimate of drug-likeness (QED) is 0.684. The maximum Gasteiger partial charge on any atom is 0.305 e. The molecule has 1 unspecified atom stereocenters. The summed E-state index contributed by atoms with van der Waals surface area (Å²) in [6, 6.07) is 0.192. The number of hydrogen-bond donors (Lipinski definition) is 2. The zero-order valence-corrected chi connectivity index (χ0v) is 9.52. The van der Waals surface area contributed by atoms with Gasteiger partial charge >= 0.3 is 5.97 Å². The highest BCUT2D eigenvalue weighted by Crippen LogP contribution is 2.29. The molecule has 0 bridgehead atoms. The van der Waals surface area contributed by atoms with Crippen molar-refractivity contribution in [2.75, 3.05) is 13.1 Å². The predicted molar refractivity (Wildman–Crippen MR) is 58.1 cm³/mol. The minimum Gasteiger partial charge on any atom is -0.481 e. The second-order valence-electron chi connectivity index (χ2n) is 4.61. The van der Waals surface area contributed by atoms with Crippen molar-refractivity contribution < 1.29 is 19.5 Å². The standard InChI is InChI=1S/C11H16N2O4/c14-9-5-7(6-12-9)11(17)13(8-1-2-8)4-3-10(15)16/h7-8H,1-6H2,(H,12,14)(H,15,16). The van der Waals surface area contributed by atoms with Gasteiger partial charge in [-0.2, -0.15) is 0 Å². The molecule has 1 aliphatic carbocycles. The zero-order chi connectivity index (χ0) is 12.4. The Morgan fingerprint density at radius 3 is 2.59 bits per heavy atom. The van der Waals surface area contributed by atoms with Gasteiger partial charge in [0.1, 0.15) is 0 Å². The van der Waals surface area contributed by atoms with Crippen molar-refractivity contribution in [3.05, 3.63) is 0 Å². The van der Waals surface area contributed by atoms with Crippen molar-refractivity contribution >= 4 is 17.8 Å². The van der Waals surface area contributed by atoms with E-state index in [-0.39, 0.29) is 43.2 Å². The molecule has 0 aromatic heterocycles. The molecule has 1 saturated carbocycles. The molecular formula is C11H16N2O4. The van der Waals surface area contributed by atoms with E-state index >= 15 is 0 Å². The first-order valence-corrected chi connectivity index (χ1v) is 5.87. The van der Waals surface area contributed by atoms with Gasteiger partial charge in [0.15, 0.2) is 0 Å². The van der Waals surface area contributed by atoms with Gasteiger partial charge in [0.2, 0.25) is 11.8 Å². The Labute approximate surface area is 99.0 Å². The van der Waals surface area contributed by atoms with Crippen molar-refractivity contribution in [1.82, 2.24) is 10.2 Å². The van der Waals surface area contributed by atoms with Crippen LogP contribution in [0, 0.1) is 5.92 Å². The average molecular weight is 240 g/mol. The first-order chi connectivity index (χ1) is 8.08. The molecule has 1 saturated heterocycles. The molecular weight excluding hydrogens is 224 g/mol. The topological polar surface area (TPSA) is 86.7 Å². The molecule has 2 N–H and O–H groups in total. The van der Waals surface area contributed by atoms with Crippen LogP contribution in [0.2, 0.25) is 0 Å². The van der Waals surface area contributed by atoms with Crippen molar-refractivity contribution in [3.63, 3.8) is 0 Å². The highest BCUT2D eigenvalue weighted by atomic mass is 16.4. The van der Waals surface area contributed by atoms with E-state index in [0.29, 0.717) is 6.54 Å². The Hall–Kier alpha value is -1.59. The number of nitrogens with one attached hydrogen (secondary N) is 1. The molecule has 94 valence electrons. The van der Waals surface area contributed by atoms with Gasteiger partial charge in [0.25, 0.3) is 0 Å². The molecule has 0 aromatic carbocycles. The Bertz CT molecular complexity index is 351. The Morgan fingerprint density at radius 2 is 2.12 bits per heavy atom. The summed E-state index contributed by atoms with van der Waals surface area (Å²) in [6.45, 7) is 0.636. The second-order valence-corrected chi connectivity index (χ2v) is 4.61. The molecule has 2 amide bonds. The summed E-state index contributed by atoms with van der Waals surface area (Å²) in [5, 5.41) is 11.3. The molecule has 1 atom stereocenters. The lowest BCUT2D eigenvalue weighted by atomic mass is 10.1. The molecule has 6 nitrogen and oxygen atoms in total. The molecule has 2 rings (SSSR count). The molecule has 0 spiro atoms. The number of carbonyl (C=O) groups is 3. The van der Waals surface area contributed by atoms with Gasteiger partial charge in [0, 0.05) is 25.6 Å². The van der Waals surface area contributed by atoms with Crippen LogP contribution in [0.15, 0.2) is 0 Å². The van der Waals surface area contributed by atoms with Gasteiger partial charge in [0.05, 0.1) is 12.3 Å². The van der Waals surface area contributed by atoms with Gasteiger partial charge in [-0.05, 0) is 12.8 Å². The normalized spacial score (nSPS) is 23.3. The van der Waals surface area contributed by atoms with Crippen molar-refractivity contribution in [2.45, 2.75) is 31.7 Å². The fourth-order valence-electron chi connectivity index (χ4n) is 2.09. The van der Waals surface area contributed by atoms with Crippen LogP contribution < -0.4 is 5.32 Å². The highest BCUT2D eigenvalue weighted by Gasteiger charge is 2.38. The lowest BCUT2D eigenvalue weighted by Gasteiger charge is -2.24. The molecule has 0 radical (unpaired) electrons. The molecule has 2 aliphatic rings. The molecule has 1 aliphatic heterocycles. The van der Waals surface area contributed by atoms with Crippen LogP contribution in [0.1, 0.15) is 25.7 Å². The van der Waals surface area contributed by atoms with E-state index in [1.165, 1.54) is 0 Å². The number of carbonyl (C=O) groups excluding carboxylic acids is 2. The minimum absolute atomic E-state index is 0.0314. The third-order valence-corrected chi connectivity index (χ3v) is 3.16. The van der Waals surface area contributed by atoms with Gasteiger partial charge in [-0.1, -0.05) is 0 Å². The smallest absolute Gasteiger partial charge is 0.305 e. The molecule has 6 heteroatoms. The summed E-state index contributed by atoms with van der Waals surface area (Å²) in [4.78, 5) is 35.4. The van der Waals surface area contributed by atoms with E-state index in [0.717, 1.165) is 12.8 Å². The molecule has 2 fully saturated rings. The Balaban J connectivity index is 1.93. The molecule has 0 aromatic rings. The maximum atomic E-state index is 12.1. The van der Waals surface area contributed by atoms with Crippen LogP contribution in [-0.4, -0.2) is 46.9 Å². The third kappa shape index (κ3) is 2.95. The van der Waals surface area contributed by atoms with Gasteiger partial charge in [-0.25, -0.2) is 0 Å². The van der Waals surface area contributed by atoms with Crippen molar-refractivity contribution in [1.29, 1.82) is 0 Å². The number of carboxylic acids is 1. The van der Waals surface area contributed by atoms with Crippen LogP contribution >= 0.6 is 0 Å². The van der Waals surface area contributed by atoms with Crippen molar-refractivity contribution in [3.8, 4) is 0 Å². The summed E-state index contributed by atoms with van der Waals surface area (Å²) in [6.07, 6.45) is 2.09. The highest BCUT2D eigenvalue weighted by molar-refractivity contribution is 5.89. The van der Waals surface area contributed by atoms with Crippen LogP contribution in [0.5, 0.6) is 0 Å². The third-order valence-electron chi connectivity index (χ3n) is 3.16. The van der Waals surface area contributed by atoms with Crippen LogP contribution in [0.4, 0.5) is 0 Å². The average Bonchev–Trinajstić information content (AvgIpc) is 3.00. The second kappa shape index (κ2) is 4.73. The monoisotopic (exact) mass is 240 g/mol. The van der Waals surface area contributed by atoms with E-state index < -0.39 is 5.97 Å². The van der Waals surface area contributed by atoms with Gasteiger partial charge in [-0.15, -0.1) is 0 Å². The first-order valence-electron chi connectivity index (χ1n) is 5.87.